The Labute approximate surface area is 152 Å². The molecule has 2 atom stereocenters. The third-order valence-corrected chi connectivity index (χ3v) is 4.99. The van der Waals surface area contributed by atoms with Gasteiger partial charge in [0.25, 0.3) is 0 Å². The van der Waals surface area contributed by atoms with E-state index in [9.17, 15) is 5.11 Å². The Morgan fingerprint density at radius 1 is 0.913 bits per heavy atom. The molecule has 2 saturated heterocycles. The number of β-amino-alcohol motifs (C(OH)–C–C–N with tert-alkyl or cyclic N) is 1. The fraction of sp³-hybridized carbons (Fsp3) is 0.667. The second kappa shape index (κ2) is 10.5. The van der Waals surface area contributed by atoms with Crippen LogP contribution in [0.2, 0.25) is 0 Å². The fourth-order valence-corrected chi connectivity index (χ4v) is 3.82. The highest BCUT2D eigenvalue weighted by Gasteiger charge is 2.32. The van der Waals surface area contributed by atoms with Crippen molar-refractivity contribution < 1.29 is 5.11 Å². The number of hydrogen-bond acceptors (Lipinski definition) is 3. The van der Waals surface area contributed by atoms with E-state index in [0.717, 1.165) is 26.1 Å². The summed E-state index contributed by atoms with van der Waals surface area (Å²) in [6.07, 6.45) is 6.24. The standard InChI is InChI=1S/C18H28N2O.2ClH/c21-18-15-19(14-16-8-4-3-5-9-16)13-10-17(18)20-11-6-1-2-7-12-20;;/h3-5,8-9,17-18,21H,1-2,6-7,10-15H2;2*1H/t17-,18-;;/m1../s1. The van der Waals surface area contributed by atoms with Crippen LogP contribution in [-0.4, -0.2) is 53.2 Å². The lowest BCUT2D eigenvalue weighted by atomic mass is 9.99. The predicted octanol–water partition coefficient (Wildman–Crippen LogP) is 3.34. The number of aliphatic hydroxyl groups is 1. The average molecular weight is 361 g/mol. The normalized spacial score (nSPS) is 26.7. The number of benzene rings is 1. The van der Waals surface area contributed by atoms with Gasteiger partial charge in [0.1, 0.15) is 0 Å². The maximum atomic E-state index is 10.6. The van der Waals surface area contributed by atoms with Gasteiger partial charge in [-0.1, -0.05) is 43.2 Å². The predicted molar refractivity (Wildman–Crippen MR) is 101 cm³/mol. The van der Waals surface area contributed by atoms with Gasteiger partial charge < -0.3 is 5.11 Å². The van der Waals surface area contributed by atoms with Crippen LogP contribution in [0.5, 0.6) is 0 Å². The van der Waals surface area contributed by atoms with Gasteiger partial charge in [-0.05, 0) is 37.9 Å². The fourth-order valence-electron chi connectivity index (χ4n) is 3.82. The number of nitrogens with zero attached hydrogens (tertiary/aromatic N) is 2. The van der Waals surface area contributed by atoms with Crippen molar-refractivity contribution >= 4 is 24.8 Å². The molecule has 0 radical (unpaired) electrons. The van der Waals surface area contributed by atoms with Gasteiger partial charge in [-0.3, -0.25) is 9.80 Å². The summed E-state index contributed by atoms with van der Waals surface area (Å²) >= 11 is 0. The molecule has 1 aromatic carbocycles. The van der Waals surface area contributed by atoms with Gasteiger partial charge in [0.2, 0.25) is 0 Å². The van der Waals surface area contributed by atoms with Crippen LogP contribution in [0.25, 0.3) is 0 Å². The van der Waals surface area contributed by atoms with Crippen LogP contribution in [0.3, 0.4) is 0 Å². The van der Waals surface area contributed by atoms with Crippen molar-refractivity contribution in [1.82, 2.24) is 9.80 Å². The Bertz CT molecular complexity index is 424. The lowest BCUT2D eigenvalue weighted by molar-refractivity contribution is -0.0144. The van der Waals surface area contributed by atoms with E-state index in [-0.39, 0.29) is 30.9 Å². The molecule has 0 aromatic heterocycles. The second-order valence-corrected chi connectivity index (χ2v) is 6.59. The molecule has 3 rings (SSSR count). The number of piperidine rings is 1. The van der Waals surface area contributed by atoms with E-state index in [2.05, 4.69) is 40.1 Å². The summed E-state index contributed by atoms with van der Waals surface area (Å²) in [5.41, 5.74) is 1.35. The van der Waals surface area contributed by atoms with Crippen LogP contribution < -0.4 is 0 Å². The monoisotopic (exact) mass is 360 g/mol. The molecule has 0 unspecified atom stereocenters. The van der Waals surface area contributed by atoms with E-state index in [1.54, 1.807) is 0 Å². The van der Waals surface area contributed by atoms with E-state index in [1.165, 1.54) is 44.3 Å². The minimum absolute atomic E-state index is 0. The van der Waals surface area contributed by atoms with Gasteiger partial charge in [-0.2, -0.15) is 0 Å². The highest BCUT2D eigenvalue weighted by atomic mass is 35.5. The van der Waals surface area contributed by atoms with E-state index >= 15 is 0 Å². The van der Waals surface area contributed by atoms with Crippen molar-refractivity contribution in [3.63, 3.8) is 0 Å². The zero-order valence-electron chi connectivity index (χ0n) is 13.8. The minimum Gasteiger partial charge on any atom is -0.390 e. The largest absolute Gasteiger partial charge is 0.390 e. The first-order chi connectivity index (χ1) is 10.3. The molecule has 1 aromatic rings. The summed E-state index contributed by atoms with van der Waals surface area (Å²) in [6.45, 7) is 5.24. The number of likely N-dealkylation sites (tertiary alicyclic amines) is 2. The minimum atomic E-state index is -0.194. The lowest BCUT2D eigenvalue weighted by Gasteiger charge is -2.41. The molecule has 0 spiro atoms. The Morgan fingerprint density at radius 2 is 1.57 bits per heavy atom. The van der Waals surface area contributed by atoms with Gasteiger partial charge in [0.15, 0.2) is 0 Å². The van der Waals surface area contributed by atoms with Crippen molar-refractivity contribution in [3.05, 3.63) is 35.9 Å². The van der Waals surface area contributed by atoms with E-state index in [0.29, 0.717) is 6.04 Å². The Balaban J connectivity index is 0.00000132. The van der Waals surface area contributed by atoms with Gasteiger partial charge in [0.05, 0.1) is 6.10 Å². The van der Waals surface area contributed by atoms with E-state index in [4.69, 9.17) is 0 Å². The molecule has 0 saturated carbocycles. The van der Waals surface area contributed by atoms with E-state index in [1.807, 2.05) is 0 Å². The first kappa shape index (κ1) is 20.7. The van der Waals surface area contributed by atoms with Crippen LogP contribution in [0.15, 0.2) is 30.3 Å². The van der Waals surface area contributed by atoms with Crippen LogP contribution in [0.1, 0.15) is 37.7 Å². The van der Waals surface area contributed by atoms with Gasteiger partial charge >= 0.3 is 0 Å². The summed E-state index contributed by atoms with van der Waals surface area (Å²) in [5.74, 6) is 0. The molecular formula is C18H30Cl2N2O. The summed E-state index contributed by atoms with van der Waals surface area (Å²) < 4.78 is 0. The smallest absolute Gasteiger partial charge is 0.0822 e. The molecule has 2 aliphatic rings. The number of halogens is 2. The van der Waals surface area contributed by atoms with Crippen molar-refractivity contribution in [2.45, 2.75) is 50.8 Å². The molecular weight excluding hydrogens is 331 g/mol. The summed E-state index contributed by atoms with van der Waals surface area (Å²) in [6, 6.07) is 11.0. The lowest BCUT2D eigenvalue weighted by Crippen LogP contribution is -2.54. The molecule has 2 heterocycles. The maximum Gasteiger partial charge on any atom is 0.0822 e. The third kappa shape index (κ3) is 5.91. The van der Waals surface area contributed by atoms with E-state index < -0.39 is 0 Å². The summed E-state index contributed by atoms with van der Waals surface area (Å²) in [4.78, 5) is 4.95. The maximum absolute atomic E-state index is 10.6. The first-order valence-corrected chi connectivity index (χ1v) is 8.51. The van der Waals surface area contributed by atoms with Crippen molar-refractivity contribution in [2.24, 2.45) is 0 Å². The number of rotatable bonds is 3. The van der Waals surface area contributed by atoms with Crippen molar-refractivity contribution in [2.75, 3.05) is 26.2 Å². The van der Waals surface area contributed by atoms with Crippen LogP contribution in [0.4, 0.5) is 0 Å². The Morgan fingerprint density at radius 3 is 2.17 bits per heavy atom. The van der Waals surface area contributed by atoms with Crippen molar-refractivity contribution in [1.29, 1.82) is 0 Å². The molecule has 0 aliphatic carbocycles. The number of hydrogen-bond donors (Lipinski definition) is 1. The first-order valence-electron chi connectivity index (χ1n) is 8.51. The summed E-state index contributed by atoms with van der Waals surface area (Å²) in [5, 5.41) is 10.6. The quantitative estimate of drug-likeness (QED) is 0.895. The molecule has 3 nitrogen and oxygen atoms in total. The van der Waals surface area contributed by atoms with Crippen molar-refractivity contribution in [3.8, 4) is 0 Å². The molecule has 1 N–H and O–H groups in total. The SMILES string of the molecule is Cl.Cl.O[C@@H]1CN(Cc2ccccc2)CC[C@H]1N1CCCCCC1. The molecule has 2 aliphatic heterocycles. The van der Waals surface area contributed by atoms with Crippen LogP contribution in [-0.2, 0) is 6.54 Å². The molecule has 132 valence electrons. The third-order valence-electron chi connectivity index (χ3n) is 4.99. The molecule has 0 bridgehead atoms. The highest BCUT2D eigenvalue weighted by Crippen LogP contribution is 2.22. The second-order valence-electron chi connectivity index (χ2n) is 6.59. The van der Waals surface area contributed by atoms with Crippen LogP contribution >= 0.6 is 24.8 Å². The zero-order chi connectivity index (χ0) is 14.5. The van der Waals surface area contributed by atoms with Gasteiger partial charge in [-0.25, -0.2) is 0 Å². The highest BCUT2D eigenvalue weighted by molar-refractivity contribution is 5.85. The molecule has 2 fully saturated rings. The van der Waals surface area contributed by atoms with Crippen LogP contribution in [0, 0.1) is 0 Å². The summed E-state index contributed by atoms with van der Waals surface area (Å²) in [7, 11) is 0. The Hall–Kier alpha value is -0.320. The molecule has 5 heteroatoms. The van der Waals surface area contributed by atoms with Gasteiger partial charge in [0, 0.05) is 25.7 Å². The topological polar surface area (TPSA) is 26.7 Å². The zero-order valence-corrected chi connectivity index (χ0v) is 15.4. The molecule has 23 heavy (non-hydrogen) atoms. The van der Waals surface area contributed by atoms with Gasteiger partial charge in [-0.15, -0.1) is 24.8 Å². The average Bonchev–Trinajstić information content (AvgIpc) is 2.77. The molecule has 0 amide bonds. The number of aliphatic hydroxyl groups excluding tert-OH is 1. The Kier molecular flexibility index (Phi) is 9.48.